The summed E-state index contributed by atoms with van der Waals surface area (Å²) in [5.41, 5.74) is 10.3. The fourth-order valence-electron chi connectivity index (χ4n) is 4.20. The number of aliphatic hydroxyl groups is 1. The first-order chi connectivity index (χ1) is 15.5. The fraction of sp³-hybridized carbons (Fsp3) is 0.280. The van der Waals surface area contributed by atoms with Gasteiger partial charge in [-0.1, -0.05) is 36.4 Å². The van der Waals surface area contributed by atoms with Crippen LogP contribution in [0.25, 0.3) is 0 Å². The molecule has 2 aromatic rings. The highest BCUT2D eigenvalue weighted by Gasteiger charge is 2.31. The summed E-state index contributed by atoms with van der Waals surface area (Å²) in [5, 5.41) is 27.0. The van der Waals surface area contributed by atoms with Crippen molar-refractivity contribution in [1.29, 1.82) is 5.26 Å². The Morgan fingerprint density at radius 1 is 1.28 bits per heavy atom. The Bertz CT molecular complexity index is 1090. The minimum absolute atomic E-state index is 0.108. The van der Waals surface area contributed by atoms with Crippen LogP contribution in [-0.2, 0) is 11.2 Å². The van der Waals surface area contributed by atoms with E-state index in [4.69, 9.17) is 5.73 Å². The molecular formula is C25H27N5O2. The van der Waals surface area contributed by atoms with Crippen molar-refractivity contribution in [1.82, 2.24) is 15.5 Å². The maximum atomic E-state index is 13.0. The molecule has 2 aromatic carbocycles. The summed E-state index contributed by atoms with van der Waals surface area (Å²) < 4.78 is 0. The monoisotopic (exact) mass is 429 g/mol. The van der Waals surface area contributed by atoms with Gasteiger partial charge in [-0.2, -0.15) is 5.26 Å². The molecule has 5 N–H and O–H groups in total. The molecule has 0 radical (unpaired) electrons. The topological polar surface area (TPSA) is 114 Å². The molecule has 2 atom stereocenters. The van der Waals surface area contributed by atoms with Crippen molar-refractivity contribution in [3.05, 3.63) is 94.3 Å². The third kappa shape index (κ3) is 4.83. The third-order valence-corrected chi connectivity index (χ3v) is 5.85. The normalized spacial score (nSPS) is 19.2. The van der Waals surface area contributed by atoms with Gasteiger partial charge in [-0.05, 0) is 41.3 Å². The van der Waals surface area contributed by atoms with Gasteiger partial charge in [-0.3, -0.25) is 4.79 Å². The number of benzene rings is 2. The van der Waals surface area contributed by atoms with E-state index in [-0.39, 0.29) is 11.9 Å². The summed E-state index contributed by atoms with van der Waals surface area (Å²) in [7, 11) is 0. The number of carbonyl (C=O) groups excluding carboxylic acids is 1. The molecule has 2 aliphatic rings. The Morgan fingerprint density at radius 3 is 2.84 bits per heavy atom. The van der Waals surface area contributed by atoms with Crippen LogP contribution in [0.4, 0.5) is 0 Å². The molecule has 1 fully saturated rings. The summed E-state index contributed by atoms with van der Waals surface area (Å²) in [6.45, 7) is 2.04. The Labute approximate surface area is 187 Å². The molecule has 1 unspecified atom stereocenters. The molecule has 0 spiro atoms. The molecule has 7 heteroatoms. The molecule has 0 saturated carbocycles. The van der Waals surface area contributed by atoms with Gasteiger partial charge in [-0.25, -0.2) is 0 Å². The van der Waals surface area contributed by atoms with Gasteiger partial charge >= 0.3 is 0 Å². The van der Waals surface area contributed by atoms with E-state index in [1.807, 2.05) is 42.5 Å². The van der Waals surface area contributed by atoms with Crippen molar-refractivity contribution in [2.75, 3.05) is 26.2 Å². The number of dihydropyridines is 1. The van der Waals surface area contributed by atoms with Crippen LogP contribution in [0.2, 0.25) is 0 Å². The zero-order valence-corrected chi connectivity index (χ0v) is 17.8. The van der Waals surface area contributed by atoms with Crippen molar-refractivity contribution in [2.24, 2.45) is 5.73 Å². The predicted octanol–water partition coefficient (Wildman–Crippen LogP) is 1.31. The maximum Gasteiger partial charge on any atom is 0.255 e. The van der Waals surface area contributed by atoms with Crippen molar-refractivity contribution >= 4 is 5.91 Å². The lowest BCUT2D eigenvalue weighted by Crippen LogP contribution is -2.55. The molecule has 0 aromatic heterocycles. The quantitative estimate of drug-likeness (QED) is 0.570. The number of nitriles is 1. The summed E-state index contributed by atoms with van der Waals surface area (Å²) in [6.07, 6.45) is 3.17. The molecule has 32 heavy (non-hydrogen) atoms. The first kappa shape index (κ1) is 21.6. The van der Waals surface area contributed by atoms with E-state index < -0.39 is 6.10 Å². The highest BCUT2D eigenvalue weighted by molar-refractivity contribution is 5.96. The van der Waals surface area contributed by atoms with Gasteiger partial charge in [0.15, 0.2) is 0 Å². The molecule has 7 nitrogen and oxygen atoms in total. The van der Waals surface area contributed by atoms with Gasteiger partial charge in [0.25, 0.3) is 5.91 Å². The van der Waals surface area contributed by atoms with Crippen LogP contribution >= 0.6 is 0 Å². The van der Waals surface area contributed by atoms with Crippen LogP contribution in [0, 0.1) is 11.3 Å². The molecule has 164 valence electrons. The molecule has 1 amide bonds. The van der Waals surface area contributed by atoms with Crippen LogP contribution in [0.1, 0.15) is 28.4 Å². The van der Waals surface area contributed by atoms with Gasteiger partial charge < -0.3 is 26.4 Å². The lowest BCUT2D eigenvalue weighted by Gasteiger charge is -2.37. The Kier molecular flexibility index (Phi) is 6.55. The van der Waals surface area contributed by atoms with Gasteiger partial charge in [0.1, 0.15) is 0 Å². The number of piperazine rings is 1. The summed E-state index contributed by atoms with van der Waals surface area (Å²) in [4.78, 5) is 14.7. The fourth-order valence-corrected chi connectivity index (χ4v) is 4.20. The molecule has 0 bridgehead atoms. The molecule has 2 aliphatic heterocycles. The zero-order chi connectivity index (χ0) is 22.5. The Morgan fingerprint density at radius 2 is 2.09 bits per heavy atom. The van der Waals surface area contributed by atoms with E-state index in [1.54, 1.807) is 23.2 Å². The smallest absolute Gasteiger partial charge is 0.255 e. The van der Waals surface area contributed by atoms with Crippen LogP contribution < -0.4 is 16.4 Å². The standard InChI is InChI=1S/C25H27N5O2/c26-13-18-6-7-22(19(11-18)10-17-4-2-1-3-5-17)24(31)23-16-30(9-8-29-23)25(32)20-12-21(27)15-28-14-20/h1-7,11-12,14,23-24,28-29,31H,8-10,15-16,27H2/t23-,24?/m1/s1. The number of rotatable bonds is 5. The van der Waals surface area contributed by atoms with Crippen LogP contribution in [0.5, 0.6) is 0 Å². The van der Waals surface area contributed by atoms with Crippen molar-refractivity contribution in [3.63, 3.8) is 0 Å². The summed E-state index contributed by atoms with van der Waals surface area (Å²) in [5.74, 6) is -0.108. The third-order valence-electron chi connectivity index (χ3n) is 5.85. The average molecular weight is 430 g/mol. The van der Waals surface area contributed by atoms with Crippen molar-refractivity contribution in [3.8, 4) is 6.07 Å². The van der Waals surface area contributed by atoms with Gasteiger partial charge in [0.05, 0.1) is 35.9 Å². The number of nitrogens with zero attached hydrogens (tertiary/aromatic N) is 2. The Balaban J connectivity index is 1.54. The second kappa shape index (κ2) is 9.69. The van der Waals surface area contributed by atoms with Crippen LogP contribution in [-0.4, -0.2) is 48.1 Å². The summed E-state index contributed by atoms with van der Waals surface area (Å²) in [6, 6.07) is 17.2. The first-order valence-electron chi connectivity index (χ1n) is 10.7. The highest BCUT2D eigenvalue weighted by atomic mass is 16.3. The number of carbonyl (C=O) groups is 1. The minimum Gasteiger partial charge on any atom is -0.401 e. The lowest BCUT2D eigenvalue weighted by molar-refractivity contribution is -0.128. The average Bonchev–Trinajstić information content (AvgIpc) is 2.84. The second-order valence-electron chi connectivity index (χ2n) is 8.14. The summed E-state index contributed by atoms with van der Waals surface area (Å²) >= 11 is 0. The van der Waals surface area contributed by atoms with Crippen molar-refractivity contribution in [2.45, 2.75) is 18.6 Å². The van der Waals surface area contributed by atoms with E-state index in [2.05, 4.69) is 16.7 Å². The van der Waals surface area contributed by atoms with Crippen molar-refractivity contribution < 1.29 is 9.90 Å². The van der Waals surface area contributed by atoms with E-state index in [9.17, 15) is 15.2 Å². The molecule has 1 saturated heterocycles. The number of aliphatic hydroxyl groups excluding tert-OH is 1. The highest BCUT2D eigenvalue weighted by Crippen LogP contribution is 2.26. The second-order valence-corrected chi connectivity index (χ2v) is 8.14. The lowest BCUT2D eigenvalue weighted by atomic mass is 9.91. The maximum absolute atomic E-state index is 13.0. The first-order valence-corrected chi connectivity index (χ1v) is 10.7. The Hall–Kier alpha value is -3.60. The zero-order valence-electron chi connectivity index (χ0n) is 17.8. The largest absolute Gasteiger partial charge is 0.401 e. The SMILES string of the molecule is N#Cc1ccc(C(O)[C@H]2CN(C(=O)C3=CNCC(N)=C3)CCN2)c(Cc2ccccc2)c1. The van der Waals surface area contributed by atoms with E-state index >= 15 is 0 Å². The van der Waals surface area contributed by atoms with Gasteiger partial charge in [0.2, 0.25) is 0 Å². The van der Waals surface area contributed by atoms with E-state index in [1.165, 1.54) is 0 Å². The van der Waals surface area contributed by atoms with E-state index in [0.29, 0.717) is 49.4 Å². The molecular weight excluding hydrogens is 402 g/mol. The minimum atomic E-state index is -0.823. The predicted molar refractivity (Wildman–Crippen MR) is 122 cm³/mol. The van der Waals surface area contributed by atoms with Gasteiger partial charge in [-0.15, -0.1) is 0 Å². The number of hydrogen-bond acceptors (Lipinski definition) is 6. The molecule has 0 aliphatic carbocycles. The molecule has 4 rings (SSSR count). The van der Waals surface area contributed by atoms with Crippen LogP contribution in [0.3, 0.4) is 0 Å². The van der Waals surface area contributed by atoms with Crippen LogP contribution in [0.15, 0.2) is 72.1 Å². The number of hydrogen-bond donors (Lipinski definition) is 4. The number of nitrogens with two attached hydrogens (primary N) is 1. The molecule has 2 heterocycles. The van der Waals surface area contributed by atoms with Gasteiger partial charge in [0, 0.05) is 31.5 Å². The van der Waals surface area contributed by atoms with E-state index in [0.717, 1.165) is 16.7 Å². The number of nitrogens with one attached hydrogen (secondary N) is 2. The number of amides is 1.